The zero-order valence-corrected chi connectivity index (χ0v) is 14.2. The predicted octanol–water partition coefficient (Wildman–Crippen LogP) is 1.62. The highest BCUT2D eigenvalue weighted by Gasteiger charge is 2.42. The molecule has 1 amide bonds. The highest BCUT2D eigenvalue weighted by molar-refractivity contribution is 7.99. The van der Waals surface area contributed by atoms with Crippen LogP contribution in [0.3, 0.4) is 0 Å². The van der Waals surface area contributed by atoms with Gasteiger partial charge < -0.3 is 5.32 Å². The molecule has 1 fully saturated rings. The van der Waals surface area contributed by atoms with Crippen LogP contribution in [0.15, 0.2) is 35.5 Å². The molecule has 1 aliphatic rings. The predicted molar refractivity (Wildman–Crippen MR) is 89.0 cm³/mol. The molecule has 1 saturated carbocycles. The van der Waals surface area contributed by atoms with Crippen molar-refractivity contribution in [3.05, 3.63) is 35.9 Å². The molecular weight excluding hydrogens is 324 g/mol. The molecule has 0 saturated heterocycles. The number of nitrogens with one attached hydrogen (secondary N) is 1. The van der Waals surface area contributed by atoms with Crippen LogP contribution in [-0.2, 0) is 11.3 Å². The fourth-order valence-electron chi connectivity index (χ4n) is 2.49. The second-order valence-electron chi connectivity index (χ2n) is 6.03. The molecular formula is C16H18N6OS. The summed E-state index contributed by atoms with van der Waals surface area (Å²) in [6, 6.07) is 12.1. The van der Waals surface area contributed by atoms with Crippen molar-refractivity contribution in [2.75, 3.05) is 5.75 Å². The minimum absolute atomic E-state index is 0.176. The average molecular weight is 342 g/mol. The van der Waals surface area contributed by atoms with Gasteiger partial charge in [-0.2, -0.15) is 5.26 Å². The summed E-state index contributed by atoms with van der Waals surface area (Å²) in [5.41, 5.74) is 0.315. The number of tetrazole rings is 1. The molecule has 0 aliphatic heterocycles. The minimum atomic E-state index is -0.770. The maximum absolute atomic E-state index is 12.2. The summed E-state index contributed by atoms with van der Waals surface area (Å²) in [5.74, 6) is 0.268. The SMILES string of the molecule is CC(C#N)(NC(=O)CSc1nnnn1Cc1ccccc1)C1CC1. The summed E-state index contributed by atoms with van der Waals surface area (Å²) in [4.78, 5) is 12.2. The average Bonchev–Trinajstić information content (AvgIpc) is 3.36. The van der Waals surface area contributed by atoms with Gasteiger partial charge in [0.05, 0.1) is 18.4 Å². The zero-order valence-electron chi connectivity index (χ0n) is 13.3. The summed E-state index contributed by atoms with van der Waals surface area (Å²) in [6.07, 6.45) is 1.99. The third-order valence-electron chi connectivity index (χ3n) is 4.03. The van der Waals surface area contributed by atoms with Crippen molar-refractivity contribution in [3.8, 4) is 6.07 Å². The van der Waals surface area contributed by atoms with Crippen LogP contribution >= 0.6 is 11.8 Å². The molecule has 3 rings (SSSR count). The second-order valence-corrected chi connectivity index (χ2v) is 6.97. The lowest BCUT2D eigenvalue weighted by molar-refractivity contribution is -0.119. The standard InChI is InChI=1S/C16H18N6OS/c1-16(11-17,13-7-8-13)18-14(23)10-24-15-19-20-21-22(15)9-12-5-3-2-4-6-12/h2-6,13H,7-10H2,1H3,(H,18,23). The topological polar surface area (TPSA) is 96.5 Å². The van der Waals surface area contributed by atoms with E-state index >= 15 is 0 Å². The van der Waals surface area contributed by atoms with E-state index in [-0.39, 0.29) is 17.6 Å². The molecule has 8 heteroatoms. The fourth-order valence-corrected chi connectivity index (χ4v) is 3.17. The highest BCUT2D eigenvalue weighted by Crippen LogP contribution is 2.39. The summed E-state index contributed by atoms with van der Waals surface area (Å²) >= 11 is 1.27. The molecule has 0 radical (unpaired) electrons. The first-order valence-electron chi connectivity index (χ1n) is 7.76. The van der Waals surface area contributed by atoms with E-state index in [2.05, 4.69) is 26.9 Å². The Morgan fingerprint density at radius 1 is 1.46 bits per heavy atom. The quantitative estimate of drug-likeness (QED) is 0.768. The van der Waals surface area contributed by atoms with Gasteiger partial charge in [-0.25, -0.2) is 4.68 Å². The van der Waals surface area contributed by atoms with E-state index in [1.165, 1.54) is 11.8 Å². The van der Waals surface area contributed by atoms with Gasteiger partial charge in [-0.1, -0.05) is 42.1 Å². The largest absolute Gasteiger partial charge is 0.337 e. The smallest absolute Gasteiger partial charge is 0.231 e. The van der Waals surface area contributed by atoms with E-state index in [9.17, 15) is 10.1 Å². The van der Waals surface area contributed by atoms with Crippen molar-refractivity contribution in [3.63, 3.8) is 0 Å². The monoisotopic (exact) mass is 342 g/mol. The van der Waals surface area contributed by atoms with E-state index in [1.807, 2.05) is 30.3 Å². The molecule has 1 aromatic carbocycles. The van der Waals surface area contributed by atoms with E-state index in [1.54, 1.807) is 11.6 Å². The van der Waals surface area contributed by atoms with Crippen LogP contribution in [0.2, 0.25) is 0 Å². The van der Waals surface area contributed by atoms with E-state index in [4.69, 9.17) is 0 Å². The summed E-state index contributed by atoms with van der Waals surface area (Å²) in [7, 11) is 0. The van der Waals surface area contributed by atoms with Gasteiger partial charge in [0.15, 0.2) is 0 Å². The number of amides is 1. The molecule has 1 aliphatic carbocycles. The number of nitrogens with zero attached hydrogens (tertiary/aromatic N) is 5. The van der Waals surface area contributed by atoms with Crippen molar-refractivity contribution in [2.45, 2.75) is 37.0 Å². The van der Waals surface area contributed by atoms with Crippen LogP contribution in [0.5, 0.6) is 0 Å². The molecule has 1 unspecified atom stereocenters. The molecule has 0 bridgehead atoms. The number of hydrogen-bond donors (Lipinski definition) is 1. The number of aromatic nitrogens is 4. The summed E-state index contributed by atoms with van der Waals surface area (Å²) < 4.78 is 1.66. The highest BCUT2D eigenvalue weighted by atomic mass is 32.2. The fraction of sp³-hybridized carbons (Fsp3) is 0.438. The third-order valence-corrected chi connectivity index (χ3v) is 4.99. The van der Waals surface area contributed by atoms with Crippen molar-refractivity contribution in [1.82, 2.24) is 25.5 Å². The Balaban J connectivity index is 1.56. The van der Waals surface area contributed by atoms with Gasteiger partial charge in [0.25, 0.3) is 0 Å². The van der Waals surface area contributed by atoms with Crippen LogP contribution in [0.1, 0.15) is 25.3 Å². The van der Waals surface area contributed by atoms with E-state index in [0.29, 0.717) is 11.7 Å². The molecule has 24 heavy (non-hydrogen) atoms. The minimum Gasteiger partial charge on any atom is -0.337 e. The summed E-state index contributed by atoms with van der Waals surface area (Å²) in [5, 5.41) is 24.3. The van der Waals surface area contributed by atoms with Crippen molar-refractivity contribution < 1.29 is 4.79 Å². The Kier molecular flexibility index (Phi) is 4.81. The number of carbonyl (C=O) groups is 1. The third kappa shape index (κ3) is 3.92. The van der Waals surface area contributed by atoms with Gasteiger partial charge in [0.2, 0.25) is 11.1 Å². The Labute approximate surface area is 144 Å². The molecule has 1 atom stereocenters. The molecule has 0 spiro atoms. The lowest BCUT2D eigenvalue weighted by Crippen LogP contribution is -2.47. The molecule has 1 aromatic heterocycles. The lowest BCUT2D eigenvalue weighted by atomic mass is 9.98. The molecule has 124 valence electrons. The molecule has 7 nitrogen and oxygen atoms in total. The maximum atomic E-state index is 12.2. The lowest BCUT2D eigenvalue weighted by Gasteiger charge is -2.22. The number of rotatable bonds is 7. The van der Waals surface area contributed by atoms with E-state index < -0.39 is 5.54 Å². The van der Waals surface area contributed by atoms with Crippen molar-refractivity contribution in [2.24, 2.45) is 5.92 Å². The Bertz CT molecular complexity index is 751. The van der Waals surface area contributed by atoms with Crippen molar-refractivity contribution in [1.29, 1.82) is 5.26 Å². The van der Waals surface area contributed by atoms with Crippen LogP contribution < -0.4 is 5.32 Å². The number of carbonyl (C=O) groups excluding carboxylic acids is 1. The van der Waals surface area contributed by atoms with Gasteiger partial charge in [0, 0.05) is 0 Å². The van der Waals surface area contributed by atoms with Crippen LogP contribution in [0, 0.1) is 17.2 Å². The first-order valence-corrected chi connectivity index (χ1v) is 8.74. The van der Waals surface area contributed by atoms with Crippen LogP contribution in [0.25, 0.3) is 0 Å². The Morgan fingerprint density at radius 3 is 2.88 bits per heavy atom. The van der Waals surface area contributed by atoms with E-state index in [0.717, 1.165) is 18.4 Å². The second kappa shape index (κ2) is 7.01. The zero-order chi connectivity index (χ0) is 17.0. The first-order chi connectivity index (χ1) is 11.6. The van der Waals surface area contributed by atoms with Gasteiger partial charge in [-0.05, 0) is 41.7 Å². The maximum Gasteiger partial charge on any atom is 0.231 e. The Morgan fingerprint density at radius 2 is 2.21 bits per heavy atom. The number of hydrogen-bond acceptors (Lipinski definition) is 6. The summed E-state index contributed by atoms with van der Waals surface area (Å²) in [6.45, 7) is 2.34. The van der Waals surface area contributed by atoms with Gasteiger partial charge in [-0.3, -0.25) is 4.79 Å². The number of benzene rings is 1. The Hall–Kier alpha value is -2.40. The first kappa shape index (κ1) is 16.5. The molecule has 1 N–H and O–H groups in total. The number of thioether (sulfide) groups is 1. The van der Waals surface area contributed by atoms with Crippen molar-refractivity contribution >= 4 is 17.7 Å². The van der Waals surface area contributed by atoms with Crippen LogP contribution in [-0.4, -0.2) is 37.4 Å². The van der Waals surface area contributed by atoms with Crippen LogP contribution in [0.4, 0.5) is 0 Å². The van der Waals surface area contributed by atoms with Gasteiger partial charge in [0.1, 0.15) is 5.54 Å². The van der Waals surface area contributed by atoms with Gasteiger partial charge in [-0.15, -0.1) is 5.10 Å². The molecule has 2 aromatic rings. The molecule has 1 heterocycles. The normalized spacial score (nSPS) is 16.2. The number of nitriles is 1. The van der Waals surface area contributed by atoms with Gasteiger partial charge >= 0.3 is 0 Å².